The van der Waals surface area contributed by atoms with Gasteiger partial charge in [-0.15, -0.1) is 0 Å². The van der Waals surface area contributed by atoms with Gasteiger partial charge in [-0.3, -0.25) is 9.48 Å². The molecular formula is C16H23N3O2. The molecule has 1 aromatic carbocycles. The van der Waals surface area contributed by atoms with Crippen LogP contribution < -0.4 is 5.32 Å². The van der Waals surface area contributed by atoms with E-state index in [9.17, 15) is 4.79 Å². The first-order chi connectivity index (χ1) is 10.0. The maximum Gasteiger partial charge on any atom is 0.325 e. The van der Waals surface area contributed by atoms with Crippen molar-refractivity contribution in [3.8, 4) is 0 Å². The topological polar surface area (TPSA) is 56.2 Å². The van der Waals surface area contributed by atoms with Crippen LogP contribution in [-0.4, -0.2) is 34.9 Å². The van der Waals surface area contributed by atoms with Crippen molar-refractivity contribution in [2.45, 2.75) is 38.8 Å². The third-order valence-electron chi connectivity index (χ3n) is 3.83. The van der Waals surface area contributed by atoms with Crippen molar-refractivity contribution in [1.29, 1.82) is 0 Å². The van der Waals surface area contributed by atoms with E-state index >= 15 is 0 Å². The highest BCUT2D eigenvalue weighted by molar-refractivity contribution is 5.80. The lowest BCUT2D eigenvalue weighted by Gasteiger charge is -2.30. The highest BCUT2D eigenvalue weighted by Gasteiger charge is 2.35. The quantitative estimate of drug-likeness (QED) is 0.830. The third kappa shape index (κ3) is 3.08. The van der Waals surface area contributed by atoms with Gasteiger partial charge in [0.25, 0.3) is 0 Å². The molecule has 0 amide bonds. The second-order valence-electron chi connectivity index (χ2n) is 5.56. The molecule has 1 N–H and O–H groups in total. The molecule has 2 rings (SSSR count). The Morgan fingerprint density at radius 3 is 2.86 bits per heavy atom. The standard InChI is InChI=1S/C16H23N3O2/c1-5-17-16(3,15(20)21-4)10-12(2)19-14-9-7-6-8-13(14)11-18-19/h6-9,11-12,17H,5,10H2,1-4H3. The zero-order valence-corrected chi connectivity index (χ0v) is 13.1. The number of rotatable bonds is 6. The normalized spacial score (nSPS) is 15.6. The molecule has 2 atom stereocenters. The molecule has 1 aromatic heterocycles. The van der Waals surface area contributed by atoms with E-state index in [4.69, 9.17) is 4.74 Å². The fourth-order valence-corrected chi connectivity index (χ4v) is 2.86. The summed E-state index contributed by atoms with van der Waals surface area (Å²) in [5, 5.41) is 8.80. The van der Waals surface area contributed by atoms with Crippen LogP contribution in [0.25, 0.3) is 10.9 Å². The number of fused-ring (bicyclic) bond motifs is 1. The first-order valence-electron chi connectivity index (χ1n) is 7.27. The summed E-state index contributed by atoms with van der Waals surface area (Å²) in [6.45, 7) is 6.63. The maximum atomic E-state index is 12.1. The zero-order valence-electron chi connectivity index (χ0n) is 13.1. The summed E-state index contributed by atoms with van der Waals surface area (Å²) >= 11 is 0. The third-order valence-corrected chi connectivity index (χ3v) is 3.83. The van der Waals surface area contributed by atoms with Gasteiger partial charge in [0.2, 0.25) is 0 Å². The van der Waals surface area contributed by atoms with E-state index in [2.05, 4.69) is 17.3 Å². The van der Waals surface area contributed by atoms with Crippen LogP contribution in [0.5, 0.6) is 0 Å². The molecule has 114 valence electrons. The number of aromatic nitrogens is 2. The molecule has 0 saturated heterocycles. The fraction of sp³-hybridized carbons (Fsp3) is 0.500. The van der Waals surface area contributed by atoms with Gasteiger partial charge in [0.05, 0.1) is 24.9 Å². The number of methoxy groups -OCH3 is 1. The van der Waals surface area contributed by atoms with Crippen molar-refractivity contribution in [1.82, 2.24) is 15.1 Å². The Morgan fingerprint density at radius 1 is 1.48 bits per heavy atom. The Balaban J connectivity index is 2.26. The van der Waals surface area contributed by atoms with E-state index in [-0.39, 0.29) is 12.0 Å². The van der Waals surface area contributed by atoms with Crippen LogP contribution in [0.2, 0.25) is 0 Å². The minimum atomic E-state index is -0.712. The van der Waals surface area contributed by atoms with Gasteiger partial charge in [-0.1, -0.05) is 25.1 Å². The van der Waals surface area contributed by atoms with Gasteiger partial charge in [0, 0.05) is 5.39 Å². The van der Waals surface area contributed by atoms with E-state index in [1.807, 2.05) is 49.0 Å². The maximum absolute atomic E-state index is 12.1. The van der Waals surface area contributed by atoms with E-state index in [0.717, 1.165) is 10.9 Å². The lowest BCUT2D eigenvalue weighted by molar-refractivity contribution is -0.148. The molecule has 0 bridgehead atoms. The van der Waals surface area contributed by atoms with Gasteiger partial charge in [-0.25, -0.2) is 0 Å². The van der Waals surface area contributed by atoms with Gasteiger partial charge < -0.3 is 10.1 Å². The van der Waals surface area contributed by atoms with E-state index in [0.29, 0.717) is 13.0 Å². The van der Waals surface area contributed by atoms with Crippen LogP contribution in [0.3, 0.4) is 0 Å². The number of benzene rings is 1. The van der Waals surface area contributed by atoms with Crippen LogP contribution in [0.1, 0.15) is 33.2 Å². The average Bonchev–Trinajstić information content (AvgIpc) is 2.90. The van der Waals surface area contributed by atoms with Crippen LogP contribution in [0.15, 0.2) is 30.5 Å². The van der Waals surface area contributed by atoms with E-state index in [1.165, 1.54) is 7.11 Å². The van der Waals surface area contributed by atoms with Gasteiger partial charge in [-0.05, 0) is 32.9 Å². The SMILES string of the molecule is CCNC(C)(CC(C)n1ncc2ccccc21)C(=O)OC. The molecule has 0 saturated carbocycles. The Kier molecular flexibility index (Phi) is 4.63. The van der Waals surface area contributed by atoms with Crippen LogP contribution in [0, 0.1) is 0 Å². The van der Waals surface area contributed by atoms with Crippen LogP contribution >= 0.6 is 0 Å². The second kappa shape index (κ2) is 6.26. The summed E-state index contributed by atoms with van der Waals surface area (Å²) < 4.78 is 6.91. The first kappa shape index (κ1) is 15.5. The number of nitrogens with one attached hydrogen (secondary N) is 1. The van der Waals surface area contributed by atoms with Crippen molar-refractivity contribution in [2.24, 2.45) is 0 Å². The monoisotopic (exact) mass is 289 g/mol. The highest BCUT2D eigenvalue weighted by atomic mass is 16.5. The van der Waals surface area contributed by atoms with E-state index < -0.39 is 5.54 Å². The molecule has 2 aromatic rings. The molecule has 21 heavy (non-hydrogen) atoms. The molecule has 0 radical (unpaired) electrons. The second-order valence-corrected chi connectivity index (χ2v) is 5.56. The van der Waals surface area contributed by atoms with Crippen molar-refractivity contribution in [3.63, 3.8) is 0 Å². The first-order valence-corrected chi connectivity index (χ1v) is 7.27. The molecule has 0 aliphatic carbocycles. The molecular weight excluding hydrogens is 266 g/mol. The lowest BCUT2D eigenvalue weighted by atomic mass is 9.93. The predicted molar refractivity (Wildman–Crippen MR) is 83.2 cm³/mol. The van der Waals surface area contributed by atoms with Crippen LogP contribution in [0.4, 0.5) is 0 Å². The van der Waals surface area contributed by atoms with Crippen LogP contribution in [-0.2, 0) is 9.53 Å². The summed E-state index contributed by atoms with van der Waals surface area (Å²) in [4.78, 5) is 12.1. The number of carbonyl (C=O) groups excluding carboxylic acids is 1. The van der Waals surface area contributed by atoms with E-state index in [1.54, 1.807) is 0 Å². The van der Waals surface area contributed by atoms with Gasteiger partial charge >= 0.3 is 5.97 Å². The number of likely N-dealkylation sites (N-methyl/N-ethyl adjacent to an activating group) is 1. The Morgan fingerprint density at radius 2 is 2.19 bits per heavy atom. The minimum absolute atomic E-state index is 0.0769. The summed E-state index contributed by atoms with van der Waals surface area (Å²) in [5.74, 6) is -0.243. The van der Waals surface area contributed by atoms with Crippen molar-refractivity contribution >= 4 is 16.9 Å². The smallest absolute Gasteiger partial charge is 0.325 e. The van der Waals surface area contributed by atoms with Crippen molar-refractivity contribution < 1.29 is 9.53 Å². The molecule has 0 fully saturated rings. The number of hydrogen-bond donors (Lipinski definition) is 1. The number of para-hydroxylation sites is 1. The van der Waals surface area contributed by atoms with Crippen molar-refractivity contribution in [3.05, 3.63) is 30.5 Å². The lowest BCUT2D eigenvalue weighted by Crippen LogP contribution is -2.51. The predicted octanol–water partition coefficient (Wildman–Crippen LogP) is 2.53. The minimum Gasteiger partial charge on any atom is -0.468 e. The number of ether oxygens (including phenoxy) is 1. The van der Waals surface area contributed by atoms with Gasteiger partial charge in [-0.2, -0.15) is 5.10 Å². The summed E-state index contributed by atoms with van der Waals surface area (Å²) in [6, 6.07) is 8.15. The molecule has 0 spiro atoms. The summed E-state index contributed by atoms with van der Waals surface area (Å²) in [5.41, 5.74) is 0.365. The summed E-state index contributed by atoms with van der Waals surface area (Å²) in [6.07, 6.45) is 2.47. The Bertz CT molecular complexity index is 623. The van der Waals surface area contributed by atoms with Gasteiger partial charge in [0.15, 0.2) is 0 Å². The molecule has 1 heterocycles. The number of hydrogen-bond acceptors (Lipinski definition) is 4. The largest absolute Gasteiger partial charge is 0.468 e. The average molecular weight is 289 g/mol. The fourth-order valence-electron chi connectivity index (χ4n) is 2.86. The molecule has 5 heteroatoms. The number of nitrogens with zero attached hydrogens (tertiary/aromatic N) is 2. The molecule has 5 nitrogen and oxygen atoms in total. The number of carbonyl (C=O) groups is 1. The van der Waals surface area contributed by atoms with Gasteiger partial charge in [0.1, 0.15) is 5.54 Å². The Hall–Kier alpha value is -1.88. The molecule has 0 aliphatic heterocycles. The van der Waals surface area contributed by atoms with Crippen molar-refractivity contribution in [2.75, 3.05) is 13.7 Å². The molecule has 2 unspecified atom stereocenters. The highest BCUT2D eigenvalue weighted by Crippen LogP contribution is 2.25. The summed E-state index contributed by atoms with van der Waals surface area (Å²) in [7, 11) is 1.42. The Labute approximate surface area is 125 Å². The molecule has 0 aliphatic rings. The number of esters is 1. The zero-order chi connectivity index (χ0) is 15.5.